The minimum Gasteiger partial charge on any atom is -0.443 e. The number of urea groups is 1. The molecule has 0 spiro atoms. The molecule has 0 radical (unpaired) electrons. The summed E-state index contributed by atoms with van der Waals surface area (Å²) in [6.07, 6.45) is 0.384. The molecule has 0 atom stereocenters. The number of carbonyl (C=O) groups is 2. The number of amides is 3. The van der Waals surface area contributed by atoms with Crippen molar-refractivity contribution in [2.75, 3.05) is 41.8 Å². The largest absolute Gasteiger partial charge is 0.443 e. The SMILES string of the molecule is CCOP(=O)(CN(c1ccc2c(ccn2-c2ccc(N3CCN(C(=O)OC(C)(C)C)C3=O)nn2)c1)S(=O)(=O)c1cc(Cl)cc(Cl)c1)OCC. The summed E-state index contributed by atoms with van der Waals surface area (Å²) in [5.41, 5.74) is 0.0861. The Kier molecular flexibility index (Phi) is 10.6. The molecule has 1 aliphatic rings. The highest BCUT2D eigenvalue weighted by molar-refractivity contribution is 7.93. The first-order valence-corrected chi connectivity index (χ1v) is 19.1. The van der Waals surface area contributed by atoms with Gasteiger partial charge in [-0.3, -0.25) is 18.3 Å². The van der Waals surface area contributed by atoms with Crippen molar-refractivity contribution in [3.05, 3.63) is 70.8 Å². The average molecular weight is 754 g/mol. The fourth-order valence-electron chi connectivity index (χ4n) is 5.08. The van der Waals surface area contributed by atoms with Gasteiger partial charge in [0.1, 0.15) is 11.9 Å². The van der Waals surface area contributed by atoms with E-state index in [4.69, 9.17) is 37.0 Å². The van der Waals surface area contributed by atoms with Crippen LogP contribution in [-0.2, 0) is 28.4 Å². The van der Waals surface area contributed by atoms with Crippen molar-refractivity contribution >= 4 is 75.4 Å². The lowest BCUT2D eigenvalue weighted by Crippen LogP contribution is -2.40. The van der Waals surface area contributed by atoms with Crippen LogP contribution in [0.2, 0.25) is 10.0 Å². The maximum absolute atomic E-state index is 14.1. The number of halogens is 2. The van der Waals surface area contributed by atoms with Gasteiger partial charge in [0.15, 0.2) is 11.6 Å². The number of ether oxygens (including phenoxy) is 1. The molecule has 1 aliphatic heterocycles. The normalized spacial score (nSPS) is 14.1. The first-order chi connectivity index (χ1) is 23.0. The molecule has 1 fully saturated rings. The molecule has 4 aromatic rings. The molecule has 18 heteroatoms. The minimum absolute atomic E-state index is 0.0315. The molecule has 49 heavy (non-hydrogen) atoms. The number of carbonyl (C=O) groups excluding carboxylic acids is 2. The maximum atomic E-state index is 14.1. The van der Waals surface area contributed by atoms with Crippen LogP contribution in [0.25, 0.3) is 16.7 Å². The third-order valence-corrected chi connectivity index (χ3v) is 11.4. The van der Waals surface area contributed by atoms with Crippen LogP contribution in [0, 0.1) is 0 Å². The van der Waals surface area contributed by atoms with Gasteiger partial charge in [0.25, 0.3) is 10.0 Å². The third-order valence-electron chi connectivity index (χ3n) is 7.12. The lowest BCUT2D eigenvalue weighted by atomic mass is 10.2. The highest BCUT2D eigenvalue weighted by Crippen LogP contribution is 2.50. The molecule has 5 rings (SSSR count). The van der Waals surface area contributed by atoms with E-state index in [1.165, 1.54) is 23.1 Å². The van der Waals surface area contributed by atoms with Crippen LogP contribution >= 0.6 is 30.8 Å². The van der Waals surface area contributed by atoms with Gasteiger partial charge in [0.2, 0.25) is 0 Å². The molecule has 0 unspecified atom stereocenters. The van der Waals surface area contributed by atoms with Crippen LogP contribution in [0.1, 0.15) is 34.6 Å². The number of fused-ring (bicyclic) bond motifs is 1. The molecular formula is C31H35Cl2N6O8PS. The number of hydrogen-bond acceptors (Lipinski definition) is 10. The van der Waals surface area contributed by atoms with Gasteiger partial charge in [0.05, 0.1) is 35.9 Å². The summed E-state index contributed by atoms with van der Waals surface area (Å²) >= 11 is 12.3. The summed E-state index contributed by atoms with van der Waals surface area (Å²) in [6.45, 7) is 8.85. The highest BCUT2D eigenvalue weighted by atomic mass is 35.5. The van der Waals surface area contributed by atoms with Gasteiger partial charge in [-0.1, -0.05) is 23.2 Å². The fraction of sp³-hybridized carbons (Fsp3) is 0.355. The molecule has 262 valence electrons. The van der Waals surface area contributed by atoms with Gasteiger partial charge in [-0.2, -0.15) is 0 Å². The topological polar surface area (TPSA) is 153 Å². The van der Waals surface area contributed by atoms with Crippen molar-refractivity contribution in [2.24, 2.45) is 0 Å². The molecule has 3 heterocycles. The first kappa shape index (κ1) is 36.6. The number of sulfonamides is 1. The molecule has 0 saturated carbocycles. The number of benzene rings is 2. The van der Waals surface area contributed by atoms with Crippen molar-refractivity contribution in [2.45, 2.75) is 45.1 Å². The summed E-state index contributed by atoms with van der Waals surface area (Å²) < 4.78 is 60.7. The Balaban J connectivity index is 1.46. The van der Waals surface area contributed by atoms with Crippen molar-refractivity contribution in [1.29, 1.82) is 0 Å². The van der Waals surface area contributed by atoms with Gasteiger partial charge in [0, 0.05) is 28.2 Å². The Morgan fingerprint density at radius 1 is 0.939 bits per heavy atom. The second-order valence-electron chi connectivity index (χ2n) is 11.8. The summed E-state index contributed by atoms with van der Waals surface area (Å²) in [6, 6.07) is 13.2. The van der Waals surface area contributed by atoms with Crippen molar-refractivity contribution in [3.8, 4) is 5.82 Å². The quantitative estimate of drug-likeness (QED) is 0.142. The molecule has 0 bridgehead atoms. The zero-order valence-corrected chi connectivity index (χ0v) is 30.6. The van der Waals surface area contributed by atoms with Crippen molar-refractivity contribution < 1.29 is 36.4 Å². The van der Waals surface area contributed by atoms with Crippen LogP contribution in [0.15, 0.2) is 65.7 Å². The van der Waals surface area contributed by atoms with E-state index < -0.39 is 41.6 Å². The second-order valence-corrected chi connectivity index (χ2v) is 16.5. The zero-order valence-electron chi connectivity index (χ0n) is 27.4. The Bertz CT molecular complexity index is 2010. The number of imide groups is 1. The van der Waals surface area contributed by atoms with Gasteiger partial charge in [-0.25, -0.2) is 22.9 Å². The van der Waals surface area contributed by atoms with Crippen molar-refractivity contribution in [3.63, 3.8) is 0 Å². The molecule has 0 N–H and O–H groups in total. The minimum atomic E-state index is -4.38. The van der Waals surface area contributed by atoms with E-state index in [0.29, 0.717) is 16.7 Å². The number of anilines is 2. The average Bonchev–Trinajstić information content (AvgIpc) is 3.62. The first-order valence-electron chi connectivity index (χ1n) is 15.2. The third kappa shape index (κ3) is 8.03. The maximum Gasteiger partial charge on any atom is 0.418 e. The lowest BCUT2D eigenvalue weighted by molar-refractivity contribution is 0.0354. The number of rotatable bonds is 11. The Hall–Kier alpha value is -3.72. The molecule has 3 amide bonds. The van der Waals surface area contributed by atoms with E-state index in [1.807, 2.05) is 0 Å². The van der Waals surface area contributed by atoms with Crippen LogP contribution in [0.5, 0.6) is 0 Å². The van der Waals surface area contributed by atoms with E-state index in [9.17, 15) is 22.6 Å². The van der Waals surface area contributed by atoms with Gasteiger partial charge in [-0.15, -0.1) is 10.2 Å². The number of aromatic nitrogens is 3. The zero-order chi connectivity index (χ0) is 35.7. The van der Waals surface area contributed by atoms with E-state index in [0.717, 1.165) is 9.21 Å². The lowest BCUT2D eigenvalue weighted by Gasteiger charge is -2.28. The van der Waals surface area contributed by atoms with E-state index in [1.54, 1.807) is 81.8 Å². The molecule has 1 saturated heterocycles. The molecule has 2 aromatic carbocycles. The van der Waals surface area contributed by atoms with Crippen LogP contribution in [0.4, 0.5) is 21.1 Å². The Labute approximate surface area is 294 Å². The van der Waals surface area contributed by atoms with Gasteiger partial charge < -0.3 is 13.8 Å². The summed E-state index contributed by atoms with van der Waals surface area (Å²) in [5, 5.41) is 9.38. The Morgan fingerprint density at radius 3 is 2.16 bits per heavy atom. The van der Waals surface area contributed by atoms with E-state index >= 15 is 0 Å². The molecule has 2 aromatic heterocycles. The van der Waals surface area contributed by atoms with Crippen molar-refractivity contribution in [1.82, 2.24) is 19.7 Å². The predicted molar refractivity (Wildman–Crippen MR) is 186 cm³/mol. The second kappa shape index (κ2) is 14.3. The molecule has 0 aliphatic carbocycles. The van der Waals surface area contributed by atoms with E-state index in [2.05, 4.69) is 10.2 Å². The van der Waals surface area contributed by atoms with Crippen LogP contribution in [-0.4, -0.2) is 78.4 Å². The number of hydrogen-bond donors (Lipinski definition) is 0. The molecular weight excluding hydrogens is 718 g/mol. The standard InChI is InChI=1S/C31H35Cl2N6O8PS/c1-6-45-48(42,46-7-2)20-39(49(43,44)25-18-22(32)17-23(33)19-25)24-8-9-26-21(16-24)12-13-36(26)27-10-11-28(35-34-27)37-14-15-38(29(37)40)30(41)47-31(3,4)5/h8-13,16-19H,6-7,14-15,20H2,1-5H3. The van der Waals surface area contributed by atoms with Gasteiger partial charge >= 0.3 is 19.7 Å². The summed E-state index contributed by atoms with van der Waals surface area (Å²) in [5.74, 6) is 0.672. The molecule has 14 nitrogen and oxygen atoms in total. The monoisotopic (exact) mass is 752 g/mol. The Morgan fingerprint density at radius 2 is 1.57 bits per heavy atom. The predicted octanol–water partition coefficient (Wildman–Crippen LogP) is 7.32. The fourth-order valence-corrected chi connectivity index (χ4v) is 9.47. The highest BCUT2D eigenvalue weighted by Gasteiger charge is 2.38. The summed E-state index contributed by atoms with van der Waals surface area (Å²) in [7, 11) is -8.30. The van der Waals surface area contributed by atoms with E-state index in [-0.39, 0.29) is 52.7 Å². The summed E-state index contributed by atoms with van der Waals surface area (Å²) in [4.78, 5) is 27.6. The number of nitrogens with zero attached hydrogens (tertiary/aromatic N) is 6. The van der Waals surface area contributed by atoms with Gasteiger partial charge in [-0.05, 0) is 89.2 Å². The van der Waals surface area contributed by atoms with Crippen LogP contribution < -0.4 is 9.21 Å². The van der Waals surface area contributed by atoms with Crippen LogP contribution in [0.3, 0.4) is 0 Å². The smallest absolute Gasteiger partial charge is 0.418 e.